The molecule has 0 aliphatic rings. The summed E-state index contributed by atoms with van der Waals surface area (Å²) in [7, 11) is 0. The van der Waals surface area contributed by atoms with Gasteiger partial charge in [0.25, 0.3) is 5.91 Å². The molecule has 0 bridgehead atoms. The number of nitrogens with one attached hydrogen (secondary N) is 1. The zero-order valence-corrected chi connectivity index (χ0v) is 10.7. The maximum Gasteiger partial charge on any atom is 0.341 e. The lowest BCUT2D eigenvalue weighted by molar-refractivity contribution is -0.139. The van der Waals surface area contributed by atoms with Crippen molar-refractivity contribution >= 4 is 17.6 Å². The monoisotopic (exact) mass is 290 g/mol. The van der Waals surface area contributed by atoms with Crippen molar-refractivity contribution in [1.82, 2.24) is 4.98 Å². The Morgan fingerprint density at radius 1 is 1.24 bits per heavy atom. The first kappa shape index (κ1) is 14.4. The summed E-state index contributed by atoms with van der Waals surface area (Å²) in [6.07, 6.45) is 1.10. The van der Waals surface area contributed by atoms with Crippen LogP contribution >= 0.6 is 0 Å². The van der Waals surface area contributed by atoms with Crippen LogP contribution in [0, 0.1) is 5.95 Å². The molecule has 2 N–H and O–H groups in total. The number of carbonyl (C=O) groups excluding carboxylic acids is 1. The number of carboxylic acid groups (broad SMARTS) is 1. The van der Waals surface area contributed by atoms with Gasteiger partial charge >= 0.3 is 5.97 Å². The largest absolute Gasteiger partial charge is 0.480 e. The van der Waals surface area contributed by atoms with Crippen LogP contribution in [-0.2, 0) is 4.79 Å². The van der Waals surface area contributed by atoms with E-state index in [2.05, 4.69) is 10.3 Å². The van der Waals surface area contributed by atoms with E-state index in [-0.39, 0.29) is 11.3 Å². The lowest BCUT2D eigenvalue weighted by Gasteiger charge is -2.11. The number of halogens is 1. The molecule has 0 spiro atoms. The van der Waals surface area contributed by atoms with Crippen molar-refractivity contribution in [3.05, 3.63) is 54.1 Å². The van der Waals surface area contributed by atoms with Crippen LogP contribution < -0.4 is 10.1 Å². The number of hydrogen-bond acceptors (Lipinski definition) is 4. The molecule has 6 nitrogen and oxygen atoms in total. The molecule has 1 aromatic heterocycles. The first-order valence-corrected chi connectivity index (χ1v) is 5.93. The highest BCUT2D eigenvalue weighted by atomic mass is 19.1. The van der Waals surface area contributed by atoms with Gasteiger partial charge in [0.05, 0.1) is 11.3 Å². The lowest BCUT2D eigenvalue weighted by atomic mass is 10.2. The van der Waals surface area contributed by atoms with Gasteiger partial charge in [-0.25, -0.2) is 9.78 Å². The average Bonchev–Trinajstić information content (AvgIpc) is 2.47. The number of amides is 1. The molecule has 0 atom stereocenters. The minimum absolute atomic E-state index is 0.171. The van der Waals surface area contributed by atoms with Gasteiger partial charge < -0.3 is 15.2 Å². The van der Waals surface area contributed by atoms with E-state index in [0.717, 1.165) is 12.3 Å². The minimum Gasteiger partial charge on any atom is -0.480 e. The van der Waals surface area contributed by atoms with Gasteiger partial charge in [0, 0.05) is 6.20 Å². The summed E-state index contributed by atoms with van der Waals surface area (Å²) in [6.45, 7) is -0.523. The van der Waals surface area contributed by atoms with E-state index in [4.69, 9.17) is 9.84 Å². The van der Waals surface area contributed by atoms with E-state index >= 15 is 0 Å². The lowest BCUT2D eigenvalue weighted by Crippen LogP contribution is -2.15. The topological polar surface area (TPSA) is 88.5 Å². The molecule has 1 heterocycles. The first-order valence-electron chi connectivity index (χ1n) is 5.93. The number of carbonyl (C=O) groups is 2. The first-order chi connectivity index (χ1) is 10.1. The molecule has 0 radical (unpaired) electrons. The van der Waals surface area contributed by atoms with E-state index in [0.29, 0.717) is 5.69 Å². The van der Waals surface area contributed by atoms with Crippen molar-refractivity contribution < 1.29 is 23.8 Å². The van der Waals surface area contributed by atoms with Gasteiger partial charge in [-0.15, -0.1) is 0 Å². The Morgan fingerprint density at radius 3 is 2.67 bits per heavy atom. The number of aromatic nitrogens is 1. The van der Waals surface area contributed by atoms with E-state index in [1.165, 1.54) is 12.1 Å². The highest BCUT2D eigenvalue weighted by molar-refractivity contribution is 6.04. The van der Waals surface area contributed by atoms with Crippen LogP contribution in [0.5, 0.6) is 5.75 Å². The summed E-state index contributed by atoms with van der Waals surface area (Å²) < 4.78 is 17.8. The number of pyridine rings is 1. The Bertz CT molecular complexity index is 658. The number of rotatable bonds is 5. The number of benzene rings is 1. The molecule has 2 rings (SSSR count). The third-order valence-corrected chi connectivity index (χ3v) is 2.48. The van der Waals surface area contributed by atoms with Crippen LogP contribution in [0.25, 0.3) is 0 Å². The number of ether oxygens (including phenoxy) is 1. The molecule has 0 saturated heterocycles. The van der Waals surface area contributed by atoms with Crippen LogP contribution in [0.15, 0.2) is 42.6 Å². The van der Waals surface area contributed by atoms with E-state index in [1.54, 1.807) is 18.2 Å². The van der Waals surface area contributed by atoms with E-state index in [9.17, 15) is 14.0 Å². The Morgan fingerprint density at radius 2 is 2.00 bits per heavy atom. The summed E-state index contributed by atoms with van der Waals surface area (Å²) in [5.74, 6) is -2.09. The molecule has 7 heteroatoms. The molecular weight excluding hydrogens is 279 g/mol. The molecule has 0 fully saturated rings. The number of aliphatic carboxylic acids is 1. The van der Waals surface area contributed by atoms with Gasteiger partial charge in [0.15, 0.2) is 6.61 Å². The second-order valence-corrected chi connectivity index (χ2v) is 4.00. The summed E-state index contributed by atoms with van der Waals surface area (Å²) in [4.78, 5) is 25.9. The normalized spacial score (nSPS) is 9.95. The molecule has 1 aromatic carbocycles. The average molecular weight is 290 g/mol. The maximum absolute atomic E-state index is 12.7. The van der Waals surface area contributed by atoms with Gasteiger partial charge in [0.2, 0.25) is 5.95 Å². The smallest absolute Gasteiger partial charge is 0.341 e. The fourth-order valence-corrected chi connectivity index (χ4v) is 1.54. The SMILES string of the molecule is O=C(O)COc1ccccc1NC(=O)c1ccc(F)nc1. The second kappa shape index (κ2) is 6.47. The van der Waals surface area contributed by atoms with Crippen LogP contribution in [0.1, 0.15) is 10.4 Å². The summed E-state index contributed by atoms with van der Waals surface area (Å²) >= 11 is 0. The Kier molecular flexibility index (Phi) is 4.45. The molecule has 21 heavy (non-hydrogen) atoms. The predicted octanol–water partition coefficient (Wildman–Crippen LogP) is 1.94. The van der Waals surface area contributed by atoms with Crippen LogP contribution in [0.2, 0.25) is 0 Å². The second-order valence-electron chi connectivity index (χ2n) is 4.00. The summed E-state index contributed by atoms with van der Waals surface area (Å²) in [5, 5.41) is 11.1. The van der Waals surface area contributed by atoms with Gasteiger partial charge in [-0.05, 0) is 24.3 Å². The summed E-state index contributed by atoms with van der Waals surface area (Å²) in [6, 6.07) is 8.76. The summed E-state index contributed by atoms with van der Waals surface area (Å²) in [5.41, 5.74) is 0.484. The zero-order valence-electron chi connectivity index (χ0n) is 10.7. The van der Waals surface area contributed by atoms with E-state index in [1.807, 2.05) is 0 Å². The van der Waals surface area contributed by atoms with Crippen molar-refractivity contribution in [1.29, 1.82) is 0 Å². The third-order valence-electron chi connectivity index (χ3n) is 2.48. The van der Waals surface area contributed by atoms with Crippen molar-refractivity contribution in [2.75, 3.05) is 11.9 Å². The van der Waals surface area contributed by atoms with E-state index < -0.39 is 24.4 Å². The van der Waals surface area contributed by atoms with Gasteiger partial charge in [0.1, 0.15) is 5.75 Å². The van der Waals surface area contributed by atoms with Crippen molar-refractivity contribution in [3.8, 4) is 5.75 Å². The van der Waals surface area contributed by atoms with Crippen molar-refractivity contribution in [2.24, 2.45) is 0 Å². The fraction of sp³-hybridized carbons (Fsp3) is 0.0714. The Labute approximate surface area is 119 Å². The molecule has 2 aromatic rings. The predicted molar refractivity (Wildman–Crippen MR) is 71.7 cm³/mol. The molecule has 0 unspecified atom stereocenters. The van der Waals surface area contributed by atoms with Gasteiger partial charge in [-0.2, -0.15) is 4.39 Å². The molecule has 108 valence electrons. The molecule has 0 aliphatic carbocycles. The van der Waals surface area contributed by atoms with Crippen LogP contribution in [-0.4, -0.2) is 28.6 Å². The van der Waals surface area contributed by atoms with Crippen LogP contribution in [0.3, 0.4) is 0 Å². The fourth-order valence-electron chi connectivity index (χ4n) is 1.54. The van der Waals surface area contributed by atoms with Crippen molar-refractivity contribution in [2.45, 2.75) is 0 Å². The number of anilines is 1. The number of hydrogen-bond donors (Lipinski definition) is 2. The highest BCUT2D eigenvalue weighted by Gasteiger charge is 2.11. The molecular formula is C14H11FN2O4. The number of nitrogens with zero attached hydrogens (tertiary/aromatic N) is 1. The Hall–Kier alpha value is -2.96. The Balaban J connectivity index is 2.13. The third kappa shape index (κ3) is 4.00. The van der Waals surface area contributed by atoms with Gasteiger partial charge in [-0.3, -0.25) is 4.79 Å². The van der Waals surface area contributed by atoms with Crippen molar-refractivity contribution in [3.63, 3.8) is 0 Å². The highest BCUT2D eigenvalue weighted by Crippen LogP contribution is 2.24. The van der Waals surface area contributed by atoms with Gasteiger partial charge in [-0.1, -0.05) is 12.1 Å². The minimum atomic E-state index is -1.13. The number of para-hydroxylation sites is 2. The molecule has 0 aliphatic heterocycles. The zero-order chi connectivity index (χ0) is 15.2. The maximum atomic E-state index is 12.7. The molecule has 0 saturated carbocycles. The van der Waals surface area contributed by atoms with Crippen LogP contribution in [0.4, 0.5) is 10.1 Å². The molecule has 1 amide bonds. The standard InChI is InChI=1S/C14H11FN2O4/c15-12-6-5-9(7-16-12)14(20)17-10-3-1-2-4-11(10)21-8-13(18)19/h1-7H,8H2,(H,17,20)(H,18,19). The number of carboxylic acids is 1. The quantitative estimate of drug-likeness (QED) is 0.821.